The number of ether oxygens (including phenoxy) is 1. The SMILES string of the molecule is CC[Si](CC)(CC)OC(CNCCOc1ccc2c(-c3ccccc3)c(-c3ccccc3)[nH]c2c1)c1cccc(NS(C)(=O)=O)c1. The first-order valence-corrected chi connectivity index (χ1v) is 20.5. The summed E-state index contributed by atoms with van der Waals surface area (Å²) in [5.41, 5.74) is 7.10. The van der Waals surface area contributed by atoms with Gasteiger partial charge in [0.1, 0.15) is 12.4 Å². The Hall–Kier alpha value is -3.89. The lowest BCUT2D eigenvalue weighted by Crippen LogP contribution is -2.40. The fraction of sp³-hybridized carbons (Fsp3) is 0.297. The first kappa shape index (κ1) is 33.5. The summed E-state index contributed by atoms with van der Waals surface area (Å²) >= 11 is 0. The fourth-order valence-corrected chi connectivity index (χ4v) is 9.39. The van der Waals surface area contributed by atoms with Crippen LogP contribution in [0.15, 0.2) is 103 Å². The summed E-state index contributed by atoms with van der Waals surface area (Å²) in [6.07, 6.45) is 0.965. The zero-order valence-corrected chi connectivity index (χ0v) is 29.0. The number of fused-ring (bicyclic) bond motifs is 1. The molecule has 9 heteroatoms. The van der Waals surface area contributed by atoms with Gasteiger partial charge in [0.25, 0.3) is 0 Å². The topological polar surface area (TPSA) is 92.4 Å². The molecule has 0 fully saturated rings. The molecule has 5 rings (SSSR count). The van der Waals surface area contributed by atoms with Gasteiger partial charge >= 0.3 is 0 Å². The Morgan fingerprint density at radius 3 is 2.13 bits per heavy atom. The lowest BCUT2D eigenvalue weighted by Gasteiger charge is -2.34. The molecule has 1 aromatic heterocycles. The van der Waals surface area contributed by atoms with Gasteiger partial charge in [0.05, 0.1) is 23.6 Å². The third-order valence-electron chi connectivity index (χ3n) is 8.66. The van der Waals surface area contributed by atoms with Gasteiger partial charge in [-0.15, -0.1) is 0 Å². The number of aromatic amines is 1. The average molecular weight is 656 g/mol. The summed E-state index contributed by atoms with van der Waals surface area (Å²) in [5.74, 6) is 0.802. The molecule has 0 bridgehead atoms. The second-order valence-electron chi connectivity index (χ2n) is 11.7. The highest BCUT2D eigenvalue weighted by molar-refractivity contribution is 7.92. The standard InChI is InChI=1S/C37H45N3O4SSi/c1-5-46(6-2,7-3)44-35(30-19-14-20-31(25-30)40-45(4,41)42)27-38-23-24-43-32-21-22-33-34(26-32)39-37(29-17-12-9-13-18-29)36(33)28-15-10-8-11-16-28/h8-22,25-26,35,38-40H,5-7,23-24,27H2,1-4H3. The number of rotatable bonds is 16. The van der Waals surface area contributed by atoms with Gasteiger partial charge in [0.2, 0.25) is 10.0 Å². The van der Waals surface area contributed by atoms with Crippen LogP contribution in [-0.2, 0) is 14.4 Å². The second-order valence-corrected chi connectivity index (χ2v) is 18.2. The van der Waals surface area contributed by atoms with Crippen molar-refractivity contribution in [3.8, 4) is 28.1 Å². The molecular weight excluding hydrogens is 611 g/mol. The Kier molecular flexibility index (Phi) is 11.0. The van der Waals surface area contributed by atoms with E-state index in [1.807, 2.05) is 36.4 Å². The highest BCUT2D eigenvalue weighted by atomic mass is 32.2. The molecular formula is C37H45N3O4SSi. The van der Waals surface area contributed by atoms with Gasteiger partial charge < -0.3 is 19.5 Å². The van der Waals surface area contributed by atoms with Crippen LogP contribution >= 0.6 is 0 Å². The number of hydrogen-bond donors (Lipinski definition) is 3. The summed E-state index contributed by atoms with van der Waals surface area (Å²) < 4.78 is 39.5. The second kappa shape index (κ2) is 15.1. The van der Waals surface area contributed by atoms with Crippen molar-refractivity contribution >= 4 is 34.9 Å². The molecule has 0 aliphatic heterocycles. The van der Waals surface area contributed by atoms with E-state index in [4.69, 9.17) is 9.16 Å². The van der Waals surface area contributed by atoms with Crippen LogP contribution in [-0.4, -0.2) is 47.7 Å². The fourth-order valence-electron chi connectivity index (χ4n) is 6.01. The van der Waals surface area contributed by atoms with Crippen molar-refractivity contribution in [2.75, 3.05) is 30.7 Å². The number of sulfonamides is 1. The summed E-state index contributed by atoms with van der Waals surface area (Å²) in [7, 11) is -5.32. The normalized spacial score (nSPS) is 12.7. The van der Waals surface area contributed by atoms with E-state index in [2.05, 4.69) is 96.5 Å². The van der Waals surface area contributed by atoms with Crippen LogP contribution in [0, 0.1) is 0 Å². The zero-order chi connectivity index (χ0) is 32.6. The quantitative estimate of drug-likeness (QED) is 0.0731. The van der Waals surface area contributed by atoms with Gasteiger partial charge in [-0.25, -0.2) is 8.42 Å². The van der Waals surface area contributed by atoms with Crippen molar-refractivity contribution < 1.29 is 17.6 Å². The molecule has 1 atom stereocenters. The van der Waals surface area contributed by atoms with Crippen LogP contribution in [0.4, 0.5) is 5.69 Å². The smallest absolute Gasteiger partial charge is 0.229 e. The van der Waals surface area contributed by atoms with Crippen molar-refractivity contribution in [1.29, 1.82) is 0 Å². The van der Waals surface area contributed by atoms with E-state index < -0.39 is 18.3 Å². The number of anilines is 1. The van der Waals surface area contributed by atoms with Gasteiger partial charge in [0.15, 0.2) is 8.32 Å². The molecule has 4 aromatic carbocycles. The predicted molar refractivity (Wildman–Crippen MR) is 193 cm³/mol. The van der Waals surface area contributed by atoms with Crippen LogP contribution in [0.5, 0.6) is 5.75 Å². The molecule has 5 aromatic rings. The van der Waals surface area contributed by atoms with Crippen LogP contribution in [0.1, 0.15) is 32.4 Å². The maximum Gasteiger partial charge on any atom is 0.229 e. The number of hydrogen-bond acceptors (Lipinski definition) is 5. The Morgan fingerprint density at radius 2 is 1.48 bits per heavy atom. The van der Waals surface area contributed by atoms with Gasteiger partial charge in [-0.3, -0.25) is 4.72 Å². The average Bonchev–Trinajstić information content (AvgIpc) is 3.45. The largest absolute Gasteiger partial charge is 0.492 e. The van der Waals surface area contributed by atoms with Crippen molar-refractivity contribution in [3.63, 3.8) is 0 Å². The Labute approximate surface area is 274 Å². The lowest BCUT2D eigenvalue weighted by atomic mass is 9.98. The highest BCUT2D eigenvalue weighted by Crippen LogP contribution is 2.39. The van der Waals surface area contributed by atoms with Gasteiger partial charge in [-0.1, -0.05) is 93.6 Å². The Morgan fingerprint density at radius 1 is 0.804 bits per heavy atom. The van der Waals surface area contributed by atoms with Crippen LogP contribution in [0.25, 0.3) is 33.3 Å². The van der Waals surface area contributed by atoms with Crippen molar-refractivity contribution in [3.05, 3.63) is 109 Å². The van der Waals surface area contributed by atoms with Crippen LogP contribution in [0.3, 0.4) is 0 Å². The molecule has 46 heavy (non-hydrogen) atoms. The maximum atomic E-state index is 11.9. The molecule has 0 aliphatic rings. The van der Waals surface area contributed by atoms with Crippen LogP contribution < -0.4 is 14.8 Å². The molecule has 3 N–H and O–H groups in total. The third-order valence-corrected chi connectivity index (χ3v) is 13.9. The van der Waals surface area contributed by atoms with E-state index >= 15 is 0 Å². The summed E-state index contributed by atoms with van der Waals surface area (Å²) in [6, 6.07) is 37.7. The number of nitrogens with one attached hydrogen (secondary N) is 3. The van der Waals surface area contributed by atoms with Gasteiger partial charge in [-0.2, -0.15) is 0 Å². The zero-order valence-electron chi connectivity index (χ0n) is 27.2. The minimum atomic E-state index is -3.38. The molecule has 1 unspecified atom stereocenters. The molecule has 0 aliphatic carbocycles. The van der Waals surface area contributed by atoms with Crippen molar-refractivity contribution in [2.45, 2.75) is 45.0 Å². The van der Waals surface area contributed by atoms with E-state index in [-0.39, 0.29) is 6.10 Å². The Bertz CT molecular complexity index is 1820. The lowest BCUT2D eigenvalue weighted by molar-refractivity contribution is 0.183. The molecule has 242 valence electrons. The summed E-state index contributed by atoms with van der Waals surface area (Å²) in [6.45, 7) is 8.36. The van der Waals surface area contributed by atoms with Crippen molar-refractivity contribution in [1.82, 2.24) is 10.3 Å². The number of H-pyrrole nitrogens is 1. The van der Waals surface area contributed by atoms with Crippen LogP contribution in [0.2, 0.25) is 18.1 Å². The van der Waals surface area contributed by atoms with E-state index in [1.54, 1.807) is 6.07 Å². The van der Waals surface area contributed by atoms with Crippen molar-refractivity contribution in [2.24, 2.45) is 0 Å². The molecule has 0 saturated heterocycles. The van der Waals surface area contributed by atoms with Gasteiger partial charge in [0, 0.05) is 35.8 Å². The number of aromatic nitrogens is 1. The molecule has 0 radical (unpaired) electrons. The van der Waals surface area contributed by atoms with E-state index in [9.17, 15) is 8.42 Å². The van der Waals surface area contributed by atoms with Gasteiger partial charge in [-0.05, 0) is 59.1 Å². The summed E-state index contributed by atoms with van der Waals surface area (Å²) in [5, 5.41) is 4.69. The van der Waals surface area contributed by atoms with E-state index in [0.717, 1.165) is 57.9 Å². The molecule has 1 heterocycles. The molecule has 7 nitrogen and oxygen atoms in total. The highest BCUT2D eigenvalue weighted by Gasteiger charge is 2.32. The minimum Gasteiger partial charge on any atom is -0.492 e. The molecule has 0 amide bonds. The minimum absolute atomic E-state index is 0.198. The monoisotopic (exact) mass is 655 g/mol. The number of benzene rings is 4. The molecule has 0 saturated carbocycles. The predicted octanol–water partition coefficient (Wildman–Crippen LogP) is 8.60. The maximum absolute atomic E-state index is 11.9. The first-order valence-electron chi connectivity index (χ1n) is 16.1. The van der Waals surface area contributed by atoms with E-state index in [1.165, 1.54) is 11.1 Å². The third kappa shape index (κ3) is 8.27. The molecule has 0 spiro atoms. The first-order chi connectivity index (χ1) is 22.2. The summed E-state index contributed by atoms with van der Waals surface area (Å²) in [4.78, 5) is 3.66. The Balaban J connectivity index is 1.29. The van der Waals surface area contributed by atoms with E-state index in [0.29, 0.717) is 25.4 Å².